The fraction of sp³-hybridized carbons (Fsp3) is 0.167. The molecule has 0 amide bonds. The molecule has 0 bridgehead atoms. The molecule has 0 radical (unpaired) electrons. The molecular formula is C12H14N4. The van der Waals surface area contributed by atoms with E-state index in [0.29, 0.717) is 12.2 Å². The summed E-state index contributed by atoms with van der Waals surface area (Å²) in [4.78, 5) is 8.46. The number of anilines is 2. The molecule has 16 heavy (non-hydrogen) atoms. The molecule has 0 fully saturated rings. The van der Waals surface area contributed by atoms with Gasteiger partial charge in [-0.3, -0.25) is 4.98 Å². The molecule has 0 saturated carbocycles. The third kappa shape index (κ3) is 2.48. The highest BCUT2D eigenvalue weighted by atomic mass is 15.0. The molecule has 2 aromatic heterocycles. The lowest BCUT2D eigenvalue weighted by Gasteiger charge is -2.07. The fourth-order valence-corrected chi connectivity index (χ4v) is 1.39. The molecule has 0 unspecified atom stereocenters. The van der Waals surface area contributed by atoms with Crippen molar-refractivity contribution in [1.29, 1.82) is 0 Å². The summed E-state index contributed by atoms with van der Waals surface area (Å²) in [5.41, 5.74) is 8.42. The van der Waals surface area contributed by atoms with E-state index >= 15 is 0 Å². The van der Waals surface area contributed by atoms with E-state index < -0.39 is 0 Å². The highest BCUT2D eigenvalue weighted by Gasteiger charge is 1.99. The van der Waals surface area contributed by atoms with Crippen molar-refractivity contribution in [2.75, 3.05) is 11.1 Å². The first-order valence-electron chi connectivity index (χ1n) is 5.11. The summed E-state index contributed by atoms with van der Waals surface area (Å²) < 4.78 is 0. The standard InChI is InChI=1S/C12H14N4/c1-9-3-2-6-14-11(9)8-16-12-5-4-10(13)7-15-12/h2-7H,8,13H2,1H3,(H,15,16). The van der Waals surface area contributed by atoms with E-state index in [1.807, 2.05) is 31.2 Å². The van der Waals surface area contributed by atoms with Gasteiger partial charge in [-0.2, -0.15) is 0 Å². The van der Waals surface area contributed by atoms with Crippen molar-refractivity contribution in [3.63, 3.8) is 0 Å². The van der Waals surface area contributed by atoms with Crippen LogP contribution in [0.15, 0.2) is 36.7 Å². The van der Waals surface area contributed by atoms with Crippen LogP contribution in [0.2, 0.25) is 0 Å². The molecule has 4 heteroatoms. The minimum absolute atomic E-state index is 0.666. The first-order chi connectivity index (χ1) is 7.75. The Balaban J connectivity index is 2.02. The minimum atomic E-state index is 0.666. The molecule has 4 nitrogen and oxygen atoms in total. The largest absolute Gasteiger partial charge is 0.397 e. The van der Waals surface area contributed by atoms with E-state index in [4.69, 9.17) is 5.73 Å². The number of hydrogen-bond acceptors (Lipinski definition) is 4. The van der Waals surface area contributed by atoms with Crippen LogP contribution >= 0.6 is 0 Å². The van der Waals surface area contributed by atoms with Gasteiger partial charge in [-0.1, -0.05) is 6.07 Å². The van der Waals surface area contributed by atoms with Crippen molar-refractivity contribution < 1.29 is 0 Å². The van der Waals surface area contributed by atoms with E-state index in [1.54, 1.807) is 12.4 Å². The first-order valence-corrected chi connectivity index (χ1v) is 5.11. The number of nitrogens with zero attached hydrogens (tertiary/aromatic N) is 2. The van der Waals surface area contributed by atoms with Gasteiger partial charge in [-0.25, -0.2) is 4.98 Å². The molecule has 0 aliphatic carbocycles. The van der Waals surface area contributed by atoms with Crippen LogP contribution in [0.1, 0.15) is 11.3 Å². The Morgan fingerprint density at radius 2 is 2.12 bits per heavy atom. The number of nitrogen functional groups attached to an aromatic ring is 1. The van der Waals surface area contributed by atoms with Gasteiger partial charge in [0.05, 0.1) is 24.1 Å². The van der Waals surface area contributed by atoms with Crippen LogP contribution < -0.4 is 11.1 Å². The van der Waals surface area contributed by atoms with Crippen LogP contribution in [0, 0.1) is 6.92 Å². The van der Waals surface area contributed by atoms with Gasteiger partial charge in [-0.15, -0.1) is 0 Å². The minimum Gasteiger partial charge on any atom is -0.397 e. The van der Waals surface area contributed by atoms with E-state index in [0.717, 1.165) is 11.5 Å². The number of nitrogens with one attached hydrogen (secondary N) is 1. The van der Waals surface area contributed by atoms with Crippen molar-refractivity contribution in [2.24, 2.45) is 0 Å². The van der Waals surface area contributed by atoms with Crippen LogP contribution in [0.3, 0.4) is 0 Å². The van der Waals surface area contributed by atoms with Crippen molar-refractivity contribution in [2.45, 2.75) is 13.5 Å². The predicted molar refractivity (Wildman–Crippen MR) is 65.0 cm³/mol. The quantitative estimate of drug-likeness (QED) is 0.820. The summed E-state index contributed by atoms with van der Waals surface area (Å²) in [6.07, 6.45) is 3.42. The topological polar surface area (TPSA) is 63.8 Å². The average Bonchev–Trinajstić information content (AvgIpc) is 2.30. The Hall–Kier alpha value is -2.10. The van der Waals surface area contributed by atoms with E-state index in [1.165, 1.54) is 5.56 Å². The van der Waals surface area contributed by atoms with Crippen LogP contribution in [0.4, 0.5) is 11.5 Å². The molecule has 0 aromatic carbocycles. The number of aromatic nitrogens is 2. The van der Waals surface area contributed by atoms with Gasteiger partial charge in [0.15, 0.2) is 0 Å². The lowest BCUT2D eigenvalue weighted by atomic mass is 10.2. The van der Waals surface area contributed by atoms with Crippen molar-refractivity contribution >= 4 is 11.5 Å². The SMILES string of the molecule is Cc1cccnc1CNc1ccc(N)cn1. The maximum atomic E-state index is 5.56. The average molecular weight is 214 g/mol. The van der Waals surface area contributed by atoms with Gasteiger partial charge in [0.1, 0.15) is 5.82 Å². The molecule has 0 spiro atoms. The van der Waals surface area contributed by atoms with Crippen LogP contribution in [0.25, 0.3) is 0 Å². The van der Waals surface area contributed by atoms with Crippen LogP contribution in [0.5, 0.6) is 0 Å². The second-order valence-electron chi connectivity index (χ2n) is 3.60. The van der Waals surface area contributed by atoms with Crippen molar-refractivity contribution in [1.82, 2.24) is 9.97 Å². The molecule has 0 aliphatic heterocycles. The summed E-state index contributed by atoms with van der Waals surface area (Å²) in [5, 5.41) is 3.20. The van der Waals surface area contributed by atoms with Crippen LogP contribution in [-0.4, -0.2) is 9.97 Å². The third-order valence-corrected chi connectivity index (χ3v) is 2.34. The molecule has 82 valence electrons. The molecule has 0 atom stereocenters. The number of pyridine rings is 2. The van der Waals surface area contributed by atoms with Crippen molar-refractivity contribution in [3.8, 4) is 0 Å². The summed E-state index contributed by atoms with van der Waals surface area (Å²) in [7, 11) is 0. The highest BCUT2D eigenvalue weighted by molar-refractivity contribution is 5.44. The van der Waals surface area contributed by atoms with Gasteiger partial charge in [0.25, 0.3) is 0 Å². The lowest BCUT2D eigenvalue weighted by molar-refractivity contribution is 1.01. The second kappa shape index (κ2) is 4.61. The molecule has 2 aromatic rings. The van der Waals surface area contributed by atoms with Crippen LogP contribution in [-0.2, 0) is 6.54 Å². The number of aryl methyl sites for hydroxylation is 1. The van der Waals surface area contributed by atoms with E-state index in [2.05, 4.69) is 15.3 Å². The third-order valence-electron chi connectivity index (χ3n) is 2.34. The van der Waals surface area contributed by atoms with Gasteiger partial charge in [0, 0.05) is 6.20 Å². The van der Waals surface area contributed by atoms with Crippen molar-refractivity contribution in [3.05, 3.63) is 47.9 Å². The zero-order valence-electron chi connectivity index (χ0n) is 9.14. The Kier molecular flexibility index (Phi) is 3.00. The zero-order valence-corrected chi connectivity index (χ0v) is 9.14. The molecule has 0 aliphatic rings. The van der Waals surface area contributed by atoms with E-state index in [9.17, 15) is 0 Å². The van der Waals surface area contributed by atoms with Gasteiger partial charge < -0.3 is 11.1 Å². The smallest absolute Gasteiger partial charge is 0.126 e. The monoisotopic (exact) mass is 214 g/mol. The van der Waals surface area contributed by atoms with Gasteiger partial charge >= 0.3 is 0 Å². The Bertz CT molecular complexity index is 465. The number of rotatable bonds is 3. The molecular weight excluding hydrogens is 200 g/mol. The molecule has 0 saturated heterocycles. The van der Waals surface area contributed by atoms with Gasteiger partial charge in [0.2, 0.25) is 0 Å². The predicted octanol–water partition coefficient (Wildman–Crippen LogP) is 1.98. The lowest BCUT2D eigenvalue weighted by Crippen LogP contribution is -2.04. The number of nitrogens with two attached hydrogens (primary N) is 1. The Labute approximate surface area is 94.5 Å². The fourth-order valence-electron chi connectivity index (χ4n) is 1.39. The Morgan fingerprint density at radius 3 is 2.81 bits per heavy atom. The number of hydrogen-bond donors (Lipinski definition) is 2. The molecule has 2 rings (SSSR count). The second-order valence-corrected chi connectivity index (χ2v) is 3.60. The summed E-state index contributed by atoms with van der Waals surface area (Å²) >= 11 is 0. The zero-order chi connectivity index (χ0) is 11.4. The summed E-state index contributed by atoms with van der Waals surface area (Å²) in [6, 6.07) is 7.65. The normalized spacial score (nSPS) is 10.1. The highest BCUT2D eigenvalue weighted by Crippen LogP contribution is 2.09. The Morgan fingerprint density at radius 1 is 1.25 bits per heavy atom. The molecule has 2 heterocycles. The maximum Gasteiger partial charge on any atom is 0.126 e. The summed E-state index contributed by atoms with van der Waals surface area (Å²) in [6.45, 7) is 2.71. The van der Waals surface area contributed by atoms with Gasteiger partial charge in [-0.05, 0) is 30.7 Å². The maximum absolute atomic E-state index is 5.56. The summed E-state index contributed by atoms with van der Waals surface area (Å²) in [5.74, 6) is 0.805. The van der Waals surface area contributed by atoms with E-state index in [-0.39, 0.29) is 0 Å². The molecule has 3 N–H and O–H groups in total. The first kappa shape index (κ1) is 10.4.